The van der Waals surface area contributed by atoms with Gasteiger partial charge in [-0.25, -0.2) is 4.98 Å². The topological polar surface area (TPSA) is 84.7 Å². The molecule has 0 saturated carbocycles. The Morgan fingerprint density at radius 2 is 2.32 bits per heavy atom. The van der Waals surface area contributed by atoms with Crippen molar-refractivity contribution in [3.05, 3.63) is 48.0 Å². The molecule has 0 bridgehead atoms. The van der Waals surface area contributed by atoms with Gasteiger partial charge in [0.2, 0.25) is 17.7 Å². The number of furan rings is 1. The average Bonchev–Trinajstić information content (AvgIpc) is 3.25. The van der Waals surface area contributed by atoms with Gasteiger partial charge >= 0.3 is 0 Å². The van der Waals surface area contributed by atoms with Gasteiger partial charge in [-0.2, -0.15) is 0 Å². The van der Waals surface area contributed by atoms with Crippen LogP contribution in [-0.2, 0) is 22.7 Å². The van der Waals surface area contributed by atoms with E-state index in [0.29, 0.717) is 37.9 Å². The smallest absolute Gasteiger partial charge is 0.225 e. The van der Waals surface area contributed by atoms with E-state index in [1.54, 1.807) is 29.5 Å². The van der Waals surface area contributed by atoms with Crippen LogP contribution in [0.4, 0.5) is 0 Å². The first-order valence-corrected chi connectivity index (χ1v) is 8.32. The van der Waals surface area contributed by atoms with E-state index in [0.717, 1.165) is 5.56 Å². The minimum atomic E-state index is -0.352. The number of aromatic nitrogens is 1. The summed E-state index contributed by atoms with van der Waals surface area (Å²) in [5.41, 5.74) is 0.814. The number of carbonyl (C=O) groups is 2. The third-order valence-electron chi connectivity index (χ3n) is 4.10. The Morgan fingerprint density at radius 3 is 3.08 bits per heavy atom. The maximum absolute atomic E-state index is 12.4. The van der Waals surface area contributed by atoms with E-state index in [1.807, 2.05) is 19.1 Å². The van der Waals surface area contributed by atoms with Gasteiger partial charge in [-0.1, -0.05) is 6.07 Å². The number of rotatable bonds is 7. The standard InChI is InChI=1S/C18H21N3O4/c1-2-24-18-13(5-3-7-19-18)10-20-17(23)14-9-16(22)21(11-14)12-15-6-4-8-25-15/h3-8,14H,2,9-12H2,1H3,(H,20,23)/t14-/m1/s1. The van der Waals surface area contributed by atoms with Crippen molar-refractivity contribution in [3.8, 4) is 5.88 Å². The molecule has 7 nitrogen and oxygen atoms in total. The summed E-state index contributed by atoms with van der Waals surface area (Å²) >= 11 is 0. The second kappa shape index (κ2) is 7.83. The Hall–Kier alpha value is -2.83. The highest BCUT2D eigenvalue weighted by molar-refractivity contribution is 5.89. The molecule has 1 aliphatic rings. The van der Waals surface area contributed by atoms with E-state index in [-0.39, 0.29) is 24.2 Å². The molecule has 0 aromatic carbocycles. The first-order chi connectivity index (χ1) is 12.2. The predicted octanol–water partition coefficient (Wildman–Crippen LogP) is 1.74. The van der Waals surface area contributed by atoms with Gasteiger partial charge in [-0.15, -0.1) is 0 Å². The number of ether oxygens (including phenoxy) is 1. The fraction of sp³-hybridized carbons (Fsp3) is 0.389. The average molecular weight is 343 g/mol. The van der Waals surface area contributed by atoms with Crippen LogP contribution in [0.1, 0.15) is 24.7 Å². The maximum atomic E-state index is 12.4. The Bertz CT molecular complexity index is 730. The third kappa shape index (κ3) is 4.17. The zero-order valence-electron chi connectivity index (χ0n) is 14.1. The summed E-state index contributed by atoms with van der Waals surface area (Å²) in [5.74, 6) is 0.711. The molecule has 2 aromatic heterocycles. The lowest BCUT2D eigenvalue weighted by Crippen LogP contribution is -2.32. The summed E-state index contributed by atoms with van der Waals surface area (Å²) in [4.78, 5) is 30.3. The van der Waals surface area contributed by atoms with Crippen LogP contribution in [0, 0.1) is 5.92 Å². The molecule has 1 saturated heterocycles. The molecule has 0 aliphatic carbocycles. The molecular weight excluding hydrogens is 322 g/mol. The molecule has 2 amide bonds. The largest absolute Gasteiger partial charge is 0.478 e. The Kier molecular flexibility index (Phi) is 5.33. The van der Waals surface area contributed by atoms with Crippen molar-refractivity contribution in [1.29, 1.82) is 0 Å². The van der Waals surface area contributed by atoms with Gasteiger partial charge in [0.15, 0.2) is 0 Å². The van der Waals surface area contributed by atoms with Gasteiger partial charge < -0.3 is 19.4 Å². The van der Waals surface area contributed by atoms with Crippen molar-refractivity contribution in [2.75, 3.05) is 13.2 Å². The van der Waals surface area contributed by atoms with E-state index < -0.39 is 0 Å². The van der Waals surface area contributed by atoms with Crippen molar-refractivity contribution < 1.29 is 18.7 Å². The van der Waals surface area contributed by atoms with Gasteiger partial charge in [0, 0.05) is 31.3 Å². The van der Waals surface area contributed by atoms with Crippen LogP contribution in [0.2, 0.25) is 0 Å². The van der Waals surface area contributed by atoms with Crippen LogP contribution >= 0.6 is 0 Å². The second-order valence-electron chi connectivity index (χ2n) is 5.87. The Labute approximate surface area is 146 Å². The van der Waals surface area contributed by atoms with Crippen molar-refractivity contribution in [2.24, 2.45) is 5.92 Å². The number of hydrogen-bond donors (Lipinski definition) is 1. The fourth-order valence-corrected chi connectivity index (χ4v) is 2.84. The molecule has 1 fully saturated rings. The van der Waals surface area contributed by atoms with E-state index in [4.69, 9.17) is 9.15 Å². The first-order valence-electron chi connectivity index (χ1n) is 8.32. The molecule has 132 valence electrons. The van der Waals surface area contributed by atoms with Gasteiger partial charge in [-0.05, 0) is 25.1 Å². The highest BCUT2D eigenvalue weighted by Gasteiger charge is 2.34. The number of pyridine rings is 1. The van der Waals surface area contributed by atoms with Crippen LogP contribution < -0.4 is 10.1 Å². The third-order valence-corrected chi connectivity index (χ3v) is 4.10. The SMILES string of the molecule is CCOc1ncccc1CNC(=O)[C@@H]1CC(=O)N(Cc2ccco2)C1. The lowest BCUT2D eigenvalue weighted by atomic mass is 10.1. The molecule has 1 aliphatic heterocycles. The Balaban J connectivity index is 1.54. The maximum Gasteiger partial charge on any atom is 0.225 e. The van der Waals surface area contributed by atoms with Crippen LogP contribution in [0.25, 0.3) is 0 Å². The molecule has 7 heteroatoms. The summed E-state index contributed by atoms with van der Waals surface area (Å²) in [6, 6.07) is 7.26. The normalized spacial score (nSPS) is 16.9. The van der Waals surface area contributed by atoms with Crippen molar-refractivity contribution in [1.82, 2.24) is 15.2 Å². The monoisotopic (exact) mass is 343 g/mol. The molecule has 1 atom stereocenters. The quantitative estimate of drug-likeness (QED) is 0.828. The zero-order chi connectivity index (χ0) is 17.6. The molecule has 3 rings (SSSR count). The number of amides is 2. The van der Waals surface area contributed by atoms with Gasteiger partial charge in [0.25, 0.3) is 0 Å². The van der Waals surface area contributed by atoms with E-state index in [9.17, 15) is 9.59 Å². The second-order valence-corrected chi connectivity index (χ2v) is 5.87. The molecule has 3 heterocycles. The number of nitrogens with one attached hydrogen (secondary N) is 1. The molecule has 0 radical (unpaired) electrons. The highest BCUT2D eigenvalue weighted by Crippen LogP contribution is 2.21. The number of nitrogens with zero attached hydrogens (tertiary/aromatic N) is 2. The Morgan fingerprint density at radius 1 is 1.44 bits per heavy atom. The van der Waals surface area contributed by atoms with Gasteiger partial charge in [0.05, 0.1) is 25.3 Å². The summed E-state index contributed by atoms with van der Waals surface area (Å²) < 4.78 is 10.7. The molecular formula is C18H21N3O4. The molecule has 2 aromatic rings. The summed E-state index contributed by atoms with van der Waals surface area (Å²) in [7, 11) is 0. The number of hydrogen-bond acceptors (Lipinski definition) is 5. The van der Waals surface area contributed by atoms with Gasteiger partial charge in [-0.3, -0.25) is 9.59 Å². The lowest BCUT2D eigenvalue weighted by Gasteiger charge is -2.15. The van der Waals surface area contributed by atoms with Gasteiger partial charge in [0.1, 0.15) is 5.76 Å². The van der Waals surface area contributed by atoms with E-state index >= 15 is 0 Å². The van der Waals surface area contributed by atoms with Crippen molar-refractivity contribution in [2.45, 2.75) is 26.4 Å². The number of likely N-dealkylation sites (tertiary alicyclic amines) is 1. The van der Waals surface area contributed by atoms with Crippen LogP contribution in [-0.4, -0.2) is 34.8 Å². The number of carbonyl (C=O) groups excluding carboxylic acids is 2. The predicted molar refractivity (Wildman–Crippen MR) is 89.5 cm³/mol. The first kappa shape index (κ1) is 17.0. The lowest BCUT2D eigenvalue weighted by molar-refractivity contribution is -0.129. The minimum absolute atomic E-state index is 0.0343. The minimum Gasteiger partial charge on any atom is -0.478 e. The summed E-state index contributed by atoms with van der Waals surface area (Å²) in [6.07, 6.45) is 3.44. The molecule has 25 heavy (non-hydrogen) atoms. The highest BCUT2D eigenvalue weighted by atomic mass is 16.5. The summed E-state index contributed by atoms with van der Waals surface area (Å²) in [6.45, 7) is 3.51. The molecule has 1 N–H and O–H groups in total. The summed E-state index contributed by atoms with van der Waals surface area (Å²) in [5, 5.41) is 2.88. The van der Waals surface area contributed by atoms with Crippen LogP contribution in [0.15, 0.2) is 41.1 Å². The van der Waals surface area contributed by atoms with Crippen molar-refractivity contribution in [3.63, 3.8) is 0 Å². The van der Waals surface area contributed by atoms with Crippen LogP contribution in [0.5, 0.6) is 5.88 Å². The van der Waals surface area contributed by atoms with Crippen LogP contribution in [0.3, 0.4) is 0 Å². The van der Waals surface area contributed by atoms with E-state index in [1.165, 1.54) is 0 Å². The van der Waals surface area contributed by atoms with Crippen molar-refractivity contribution >= 4 is 11.8 Å². The van der Waals surface area contributed by atoms with E-state index in [2.05, 4.69) is 10.3 Å². The molecule has 0 spiro atoms. The molecule has 0 unspecified atom stereocenters. The fourth-order valence-electron chi connectivity index (χ4n) is 2.84. The zero-order valence-corrected chi connectivity index (χ0v) is 14.1.